The minimum absolute atomic E-state index is 0.138. The third-order valence-corrected chi connectivity index (χ3v) is 5.08. The van der Waals surface area contributed by atoms with Crippen LogP contribution < -0.4 is 10.0 Å². The van der Waals surface area contributed by atoms with E-state index in [9.17, 15) is 13.2 Å². The van der Waals surface area contributed by atoms with Crippen LogP contribution in [0.25, 0.3) is 0 Å². The van der Waals surface area contributed by atoms with Crippen molar-refractivity contribution >= 4 is 31.9 Å². The molecule has 5 nitrogen and oxygen atoms in total. The molecule has 2 aromatic carbocycles. The number of hydrogen-bond donors (Lipinski definition) is 2. The molecule has 2 N–H and O–H groups in total. The van der Waals surface area contributed by atoms with Crippen LogP contribution in [0.1, 0.15) is 5.56 Å². The Balaban J connectivity index is 1.76. The van der Waals surface area contributed by atoms with E-state index in [0.717, 1.165) is 10.0 Å². The van der Waals surface area contributed by atoms with E-state index in [2.05, 4.69) is 26.0 Å². The number of amides is 1. The van der Waals surface area contributed by atoms with Crippen molar-refractivity contribution in [2.75, 3.05) is 13.1 Å². The number of carbonyl (C=O) groups is 1. The van der Waals surface area contributed by atoms with E-state index in [1.165, 1.54) is 12.1 Å². The first-order valence-electron chi connectivity index (χ1n) is 7.03. The van der Waals surface area contributed by atoms with Crippen LogP contribution in [-0.2, 0) is 21.2 Å². The number of rotatable bonds is 7. The van der Waals surface area contributed by atoms with E-state index >= 15 is 0 Å². The van der Waals surface area contributed by atoms with E-state index in [-0.39, 0.29) is 30.3 Å². The maximum Gasteiger partial charge on any atom is 0.240 e. The Hall–Kier alpha value is -1.70. The van der Waals surface area contributed by atoms with Crippen LogP contribution in [-0.4, -0.2) is 27.4 Å². The number of benzene rings is 2. The van der Waals surface area contributed by atoms with E-state index in [1.54, 1.807) is 12.1 Å². The van der Waals surface area contributed by atoms with Crippen molar-refractivity contribution in [2.45, 2.75) is 11.3 Å². The second kappa shape index (κ2) is 8.24. The average Bonchev–Trinajstić information content (AvgIpc) is 2.53. The smallest absolute Gasteiger partial charge is 0.240 e. The Kier molecular flexibility index (Phi) is 6.32. The fraction of sp³-hybridized carbons (Fsp3) is 0.188. The van der Waals surface area contributed by atoms with Crippen molar-refractivity contribution < 1.29 is 13.2 Å². The van der Waals surface area contributed by atoms with Crippen molar-refractivity contribution in [3.8, 4) is 0 Å². The van der Waals surface area contributed by atoms with Gasteiger partial charge in [0.1, 0.15) is 0 Å². The van der Waals surface area contributed by atoms with Crippen molar-refractivity contribution in [3.63, 3.8) is 0 Å². The molecule has 0 aliphatic rings. The molecule has 0 unspecified atom stereocenters. The molecule has 122 valence electrons. The number of sulfonamides is 1. The quantitative estimate of drug-likeness (QED) is 0.703. The first-order chi connectivity index (χ1) is 11.0. The van der Waals surface area contributed by atoms with Crippen molar-refractivity contribution in [1.82, 2.24) is 10.0 Å². The first-order valence-corrected chi connectivity index (χ1v) is 9.31. The highest BCUT2D eigenvalue weighted by Gasteiger charge is 2.13. The molecule has 2 aromatic rings. The molecule has 0 saturated heterocycles. The highest BCUT2D eigenvalue weighted by atomic mass is 79.9. The van der Waals surface area contributed by atoms with Gasteiger partial charge in [-0.05, 0) is 29.8 Å². The molecule has 0 heterocycles. The second-order valence-electron chi connectivity index (χ2n) is 4.86. The Morgan fingerprint density at radius 3 is 2.26 bits per heavy atom. The number of halogens is 1. The molecule has 1 amide bonds. The third-order valence-electron chi connectivity index (χ3n) is 3.07. The van der Waals surface area contributed by atoms with Crippen LogP contribution in [0.15, 0.2) is 64.0 Å². The zero-order chi connectivity index (χ0) is 16.7. The fourth-order valence-corrected chi connectivity index (χ4v) is 3.22. The van der Waals surface area contributed by atoms with Gasteiger partial charge in [-0.1, -0.05) is 46.3 Å². The van der Waals surface area contributed by atoms with Crippen LogP contribution in [0.5, 0.6) is 0 Å². The van der Waals surface area contributed by atoms with Crippen LogP contribution in [0.3, 0.4) is 0 Å². The molecule has 2 rings (SSSR count). The number of carbonyl (C=O) groups excluding carboxylic acids is 1. The van der Waals surface area contributed by atoms with Crippen LogP contribution in [0.4, 0.5) is 0 Å². The summed E-state index contributed by atoms with van der Waals surface area (Å²) in [6, 6.07) is 15.7. The van der Waals surface area contributed by atoms with Gasteiger partial charge >= 0.3 is 0 Å². The molecule has 0 radical (unpaired) electrons. The SMILES string of the molecule is O=C(Cc1ccccc1)NCCNS(=O)(=O)c1ccc(Br)cc1. The average molecular weight is 397 g/mol. The summed E-state index contributed by atoms with van der Waals surface area (Å²) in [6.45, 7) is 0.375. The Morgan fingerprint density at radius 2 is 1.61 bits per heavy atom. The Morgan fingerprint density at radius 1 is 0.957 bits per heavy atom. The maximum atomic E-state index is 12.0. The topological polar surface area (TPSA) is 75.3 Å². The molecule has 0 bridgehead atoms. The molecule has 0 aliphatic heterocycles. The zero-order valence-corrected chi connectivity index (χ0v) is 14.7. The summed E-state index contributed by atoms with van der Waals surface area (Å²) in [5.74, 6) is -0.140. The predicted octanol–water partition coefficient (Wildman–Crippen LogP) is 2.09. The standard InChI is InChI=1S/C16H17BrN2O3S/c17-14-6-8-15(9-7-14)23(21,22)19-11-10-18-16(20)12-13-4-2-1-3-5-13/h1-9,19H,10-12H2,(H,18,20). The lowest BCUT2D eigenvalue weighted by atomic mass is 10.1. The lowest BCUT2D eigenvalue weighted by Gasteiger charge is -2.08. The van der Waals surface area contributed by atoms with Crippen LogP contribution >= 0.6 is 15.9 Å². The van der Waals surface area contributed by atoms with Gasteiger partial charge < -0.3 is 5.32 Å². The van der Waals surface area contributed by atoms with Gasteiger partial charge in [-0.15, -0.1) is 0 Å². The summed E-state index contributed by atoms with van der Waals surface area (Å²) in [5.41, 5.74) is 0.917. The number of hydrogen-bond acceptors (Lipinski definition) is 3. The molecule has 23 heavy (non-hydrogen) atoms. The van der Waals surface area contributed by atoms with Gasteiger partial charge in [0.25, 0.3) is 0 Å². The fourth-order valence-electron chi connectivity index (χ4n) is 1.93. The van der Waals surface area contributed by atoms with Crippen molar-refractivity contribution in [3.05, 3.63) is 64.6 Å². The van der Waals surface area contributed by atoms with Gasteiger partial charge in [0.2, 0.25) is 15.9 Å². The maximum absolute atomic E-state index is 12.0. The highest BCUT2D eigenvalue weighted by Crippen LogP contribution is 2.14. The molecule has 0 atom stereocenters. The molecule has 0 spiro atoms. The van der Waals surface area contributed by atoms with Gasteiger partial charge in [0.05, 0.1) is 11.3 Å². The van der Waals surface area contributed by atoms with Gasteiger partial charge in [-0.3, -0.25) is 4.79 Å². The number of nitrogens with one attached hydrogen (secondary N) is 2. The van der Waals surface area contributed by atoms with Crippen molar-refractivity contribution in [1.29, 1.82) is 0 Å². The first kappa shape index (κ1) is 17.7. The summed E-state index contributed by atoms with van der Waals surface area (Å²) in [5, 5.41) is 2.69. The highest BCUT2D eigenvalue weighted by molar-refractivity contribution is 9.10. The van der Waals surface area contributed by atoms with E-state index < -0.39 is 10.0 Å². The Labute approximate surface area is 144 Å². The zero-order valence-electron chi connectivity index (χ0n) is 12.3. The summed E-state index contributed by atoms with van der Waals surface area (Å²) < 4.78 is 27.3. The summed E-state index contributed by atoms with van der Waals surface area (Å²) in [4.78, 5) is 11.9. The Bertz CT molecular complexity index is 747. The predicted molar refractivity (Wildman–Crippen MR) is 92.5 cm³/mol. The third kappa shape index (κ3) is 5.78. The van der Waals surface area contributed by atoms with Crippen molar-refractivity contribution in [2.24, 2.45) is 0 Å². The molecule has 0 fully saturated rings. The van der Waals surface area contributed by atoms with Gasteiger partial charge in [0, 0.05) is 17.6 Å². The minimum atomic E-state index is -3.56. The van der Waals surface area contributed by atoms with Gasteiger partial charge in [-0.2, -0.15) is 0 Å². The molecular weight excluding hydrogens is 380 g/mol. The summed E-state index contributed by atoms with van der Waals surface area (Å²) >= 11 is 3.26. The lowest BCUT2D eigenvalue weighted by Crippen LogP contribution is -2.35. The van der Waals surface area contributed by atoms with E-state index in [4.69, 9.17) is 0 Å². The molecule has 0 aliphatic carbocycles. The monoisotopic (exact) mass is 396 g/mol. The summed E-state index contributed by atoms with van der Waals surface area (Å²) in [6.07, 6.45) is 0.278. The lowest BCUT2D eigenvalue weighted by molar-refractivity contribution is -0.120. The largest absolute Gasteiger partial charge is 0.355 e. The van der Waals surface area contributed by atoms with Crippen LogP contribution in [0, 0.1) is 0 Å². The second-order valence-corrected chi connectivity index (χ2v) is 7.55. The normalized spacial score (nSPS) is 11.2. The van der Waals surface area contributed by atoms with Gasteiger partial charge in [-0.25, -0.2) is 13.1 Å². The summed E-state index contributed by atoms with van der Waals surface area (Å²) in [7, 11) is -3.56. The molecule has 0 saturated carbocycles. The van der Waals surface area contributed by atoms with E-state index in [0.29, 0.717) is 0 Å². The molecule has 0 aromatic heterocycles. The minimum Gasteiger partial charge on any atom is -0.355 e. The molecular formula is C16H17BrN2O3S. The van der Waals surface area contributed by atoms with E-state index in [1.807, 2.05) is 30.3 Å². The molecule has 7 heteroatoms. The van der Waals surface area contributed by atoms with Crippen LogP contribution in [0.2, 0.25) is 0 Å². The van der Waals surface area contributed by atoms with Gasteiger partial charge in [0.15, 0.2) is 0 Å².